The summed E-state index contributed by atoms with van der Waals surface area (Å²) in [6.07, 6.45) is 1.28. The average Bonchev–Trinajstić information content (AvgIpc) is 2.57. The molecule has 3 N–H and O–H groups in total. The van der Waals surface area contributed by atoms with E-state index >= 15 is 0 Å². The van der Waals surface area contributed by atoms with Gasteiger partial charge in [-0.15, -0.1) is 0 Å². The minimum Gasteiger partial charge on any atom is -0.468 e. The first kappa shape index (κ1) is 11.2. The summed E-state index contributed by atoms with van der Waals surface area (Å²) in [7, 11) is 1.92. The quantitative estimate of drug-likeness (QED) is 0.727. The number of hydrogen-bond donors (Lipinski definition) is 2. The maximum absolute atomic E-state index is 9.25. The van der Waals surface area contributed by atoms with E-state index < -0.39 is 0 Å². The van der Waals surface area contributed by atoms with E-state index in [4.69, 9.17) is 10.2 Å². The molecule has 0 radical (unpaired) electrons. The molecule has 1 aromatic heterocycles. The first-order valence-electron chi connectivity index (χ1n) is 4.77. The molecular weight excluding hydrogens is 180 g/mol. The van der Waals surface area contributed by atoms with Crippen LogP contribution in [0.4, 0.5) is 0 Å². The Morgan fingerprint density at radius 2 is 2.36 bits per heavy atom. The van der Waals surface area contributed by atoms with Crippen LogP contribution in [-0.4, -0.2) is 36.2 Å². The molecule has 80 valence electrons. The van der Waals surface area contributed by atoms with Crippen LogP contribution in [0.25, 0.3) is 0 Å². The lowest BCUT2D eigenvalue weighted by molar-refractivity contribution is 0.112. The molecule has 1 rings (SSSR count). The molecule has 0 aliphatic carbocycles. The molecule has 0 aliphatic rings. The Bertz CT molecular complexity index is 247. The van der Waals surface area contributed by atoms with Crippen molar-refractivity contribution < 1.29 is 9.52 Å². The van der Waals surface area contributed by atoms with E-state index in [1.54, 1.807) is 13.2 Å². The molecular formula is C10H18N2O2. The predicted molar refractivity (Wildman–Crippen MR) is 54.8 cm³/mol. The van der Waals surface area contributed by atoms with Crippen molar-refractivity contribution in [3.8, 4) is 0 Å². The largest absolute Gasteiger partial charge is 0.468 e. The monoisotopic (exact) mass is 198 g/mol. The Balaban J connectivity index is 2.62. The zero-order valence-corrected chi connectivity index (χ0v) is 8.68. The third-order valence-electron chi connectivity index (χ3n) is 2.18. The summed E-state index contributed by atoms with van der Waals surface area (Å²) in [4.78, 5) is 1.99. The predicted octanol–water partition coefficient (Wildman–Crippen LogP) is 0.592. The molecule has 2 unspecified atom stereocenters. The summed E-state index contributed by atoms with van der Waals surface area (Å²) in [6.45, 7) is 2.82. The Labute approximate surface area is 84.3 Å². The summed E-state index contributed by atoms with van der Waals surface area (Å²) < 4.78 is 5.29. The maximum atomic E-state index is 9.25. The third-order valence-corrected chi connectivity index (χ3v) is 2.18. The van der Waals surface area contributed by atoms with Crippen molar-refractivity contribution in [2.75, 3.05) is 20.1 Å². The summed E-state index contributed by atoms with van der Waals surface area (Å²) in [5, 5.41) is 9.25. The number of likely N-dealkylation sites (N-methyl/N-ethyl adjacent to an activating group) is 1. The van der Waals surface area contributed by atoms with E-state index in [9.17, 15) is 5.11 Å². The van der Waals surface area contributed by atoms with Crippen LogP contribution in [0.1, 0.15) is 18.7 Å². The highest BCUT2D eigenvalue weighted by atomic mass is 16.3. The smallest absolute Gasteiger partial charge is 0.122 e. The molecule has 0 aliphatic heterocycles. The van der Waals surface area contributed by atoms with Crippen LogP contribution >= 0.6 is 0 Å². The van der Waals surface area contributed by atoms with E-state index in [1.807, 2.05) is 24.1 Å². The van der Waals surface area contributed by atoms with Crippen LogP contribution in [-0.2, 0) is 0 Å². The van der Waals surface area contributed by atoms with Crippen LogP contribution in [0.15, 0.2) is 22.8 Å². The highest BCUT2D eigenvalue weighted by Crippen LogP contribution is 2.18. The molecule has 2 atom stereocenters. The van der Waals surface area contributed by atoms with Gasteiger partial charge in [-0.3, -0.25) is 4.90 Å². The van der Waals surface area contributed by atoms with Crippen LogP contribution < -0.4 is 5.73 Å². The lowest BCUT2D eigenvalue weighted by Crippen LogP contribution is -2.35. The zero-order chi connectivity index (χ0) is 10.6. The molecule has 0 amide bonds. The van der Waals surface area contributed by atoms with E-state index in [-0.39, 0.29) is 12.1 Å². The van der Waals surface area contributed by atoms with E-state index in [0.717, 1.165) is 5.76 Å². The van der Waals surface area contributed by atoms with Crippen molar-refractivity contribution in [2.24, 2.45) is 5.73 Å². The lowest BCUT2D eigenvalue weighted by atomic mass is 10.2. The number of rotatable bonds is 5. The Kier molecular flexibility index (Phi) is 4.13. The fourth-order valence-electron chi connectivity index (χ4n) is 1.54. The van der Waals surface area contributed by atoms with E-state index in [0.29, 0.717) is 13.1 Å². The van der Waals surface area contributed by atoms with Gasteiger partial charge in [-0.25, -0.2) is 0 Å². The van der Waals surface area contributed by atoms with Gasteiger partial charge in [0.15, 0.2) is 0 Å². The molecule has 4 heteroatoms. The fraction of sp³-hybridized carbons (Fsp3) is 0.600. The normalized spacial score (nSPS) is 15.8. The van der Waals surface area contributed by atoms with Crippen LogP contribution in [0, 0.1) is 0 Å². The van der Waals surface area contributed by atoms with E-state index in [2.05, 4.69) is 0 Å². The molecule has 0 saturated heterocycles. The molecule has 0 spiro atoms. The number of furan rings is 1. The summed E-state index contributed by atoms with van der Waals surface area (Å²) in [6, 6.07) is 3.78. The summed E-state index contributed by atoms with van der Waals surface area (Å²) in [5.74, 6) is 0.843. The van der Waals surface area contributed by atoms with Gasteiger partial charge < -0.3 is 15.3 Å². The second-order valence-electron chi connectivity index (χ2n) is 3.56. The first-order chi connectivity index (χ1) is 6.65. The highest BCUT2D eigenvalue weighted by Gasteiger charge is 2.18. The summed E-state index contributed by atoms with van der Waals surface area (Å²) >= 11 is 0. The minimum atomic E-state index is -0.357. The van der Waals surface area contributed by atoms with Crippen molar-refractivity contribution >= 4 is 0 Å². The molecule has 1 heterocycles. The van der Waals surface area contributed by atoms with Gasteiger partial charge in [0, 0.05) is 13.1 Å². The van der Waals surface area contributed by atoms with Gasteiger partial charge in [0.25, 0.3) is 0 Å². The van der Waals surface area contributed by atoms with Crippen LogP contribution in [0.2, 0.25) is 0 Å². The zero-order valence-electron chi connectivity index (χ0n) is 8.68. The minimum absolute atomic E-state index is 0.0413. The van der Waals surface area contributed by atoms with E-state index in [1.165, 1.54) is 0 Å². The first-order valence-corrected chi connectivity index (χ1v) is 4.77. The topological polar surface area (TPSA) is 62.6 Å². The Hall–Kier alpha value is -0.840. The second kappa shape index (κ2) is 5.14. The van der Waals surface area contributed by atoms with Crippen LogP contribution in [0.3, 0.4) is 0 Å². The highest BCUT2D eigenvalue weighted by molar-refractivity contribution is 5.05. The SMILES string of the molecule is CC(O)CN(C)C(CN)c1ccco1. The number of hydrogen-bond acceptors (Lipinski definition) is 4. The number of aliphatic hydroxyl groups is 1. The molecule has 4 nitrogen and oxygen atoms in total. The van der Waals surface area contributed by atoms with Gasteiger partial charge in [-0.1, -0.05) is 0 Å². The van der Waals surface area contributed by atoms with Crippen molar-refractivity contribution in [3.63, 3.8) is 0 Å². The number of nitrogens with zero attached hydrogens (tertiary/aromatic N) is 1. The third kappa shape index (κ3) is 2.83. The van der Waals surface area contributed by atoms with Crippen molar-refractivity contribution in [3.05, 3.63) is 24.2 Å². The molecule has 14 heavy (non-hydrogen) atoms. The van der Waals surface area contributed by atoms with Gasteiger partial charge in [0.1, 0.15) is 5.76 Å². The Morgan fingerprint density at radius 3 is 2.79 bits per heavy atom. The molecule has 0 saturated carbocycles. The van der Waals surface area contributed by atoms with Crippen molar-refractivity contribution in [2.45, 2.75) is 19.1 Å². The van der Waals surface area contributed by atoms with Gasteiger partial charge >= 0.3 is 0 Å². The lowest BCUT2D eigenvalue weighted by Gasteiger charge is -2.26. The van der Waals surface area contributed by atoms with Crippen molar-refractivity contribution in [1.82, 2.24) is 4.90 Å². The summed E-state index contributed by atoms with van der Waals surface area (Å²) in [5.41, 5.74) is 5.66. The molecule has 1 aromatic rings. The number of nitrogens with two attached hydrogens (primary N) is 1. The van der Waals surface area contributed by atoms with Gasteiger partial charge in [-0.2, -0.15) is 0 Å². The maximum Gasteiger partial charge on any atom is 0.122 e. The average molecular weight is 198 g/mol. The van der Waals surface area contributed by atoms with Gasteiger partial charge in [0.05, 0.1) is 18.4 Å². The van der Waals surface area contributed by atoms with Crippen LogP contribution in [0.5, 0.6) is 0 Å². The second-order valence-corrected chi connectivity index (χ2v) is 3.56. The standard InChI is InChI=1S/C10H18N2O2/c1-8(13)7-12(2)9(6-11)10-4-3-5-14-10/h3-5,8-9,13H,6-7,11H2,1-2H3. The molecule has 0 aromatic carbocycles. The van der Waals surface area contributed by atoms with Crippen molar-refractivity contribution in [1.29, 1.82) is 0 Å². The molecule has 0 bridgehead atoms. The Morgan fingerprint density at radius 1 is 1.64 bits per heavy atom. The van der Waals surface area contributed by atoms with Gasteiger partial charge in [-0.05, 0) is 26.1 Å². The van der Waals surface area contributed by atoms with Gasteiger partial charge in [0.2, 0.25) is 0 Å². The number of aliphatic hydroxyl groups excluding tert-OH is 1. The molecule has 0 fully saturated rings. The fourth-order valence-corrected chi connectivity index (χ4v) is 1.54.